The molecule has 3 unspecified atom stereocenters. The molecule has 1 heterocycles. The largest absolute Gasteiger partial charge is 0.460 e. The molecule has 11 nitrogen and oxygen atoms in total. The number of rotatable bonds is 14. The van der Waals surface area contributed by atoms with E-state index in [1.807, 2.05) is 35.6 Å². The van der Waals surface area contributed by atoms with E-state index >= 15 is 0 Å². The maximum absolute atomic E-state index is 13.5. The molecule has 0 spiro atoms. The first kappa shape index (κ1) is 28.1. The summed E-state index contributed by atoms with van der Waals surface area (Å²) in [6.07, 6.45) is 3.51. The van der Waals surface area contributed by atoms with Crippen molar-refractivity contribution in [2.45, 2.75) is 31.8 Å². The molecule has 0 bridgehead atoms. The van der Waals surface area contributed by atoms with E-state index in [0.717, 1.165) is 5.56 Å². The number of ether oxygens (including phenoxy) is 2. The molecule has 1 aliphatic rings. The predicted molar refractivity (Wildman–Crippen MR) is 134 cm³/mol. The van der Waals surface area contributed by atoms with E-state index in [1.165, 1.54) is 12.3 Å². The first-order chi connectivity index (χ1) is 17.9. The van der Waals surface area contributed by atoms with Crippen LogP contribution in [0.15, 0.2) is 72.9 Å². The molecule has 1 fully saturated rings. The van der Waals surface area contributed by atoms with Crippen molar-refractivity contribution in [3.8, 4) is 5.75 Å². The van der Waals surface area contributed by atoms with Gasteiger partial charge in [-0.05, 0) is 30.5 Å². The molecular weight excluding hydrogens is 501 g/mol. The number of nitrogens with one attached hydrogen (secondary N) is 2. The summed E-state index contributed by atoms with van der Waals surface area (Å²) >= 11 is 0. The molecule has 2 aromatic rings. The average molecular weight is 532 g/mol. The molecule has 198 valence electrons. The second-order valence-corrected chi connectivity index (χ2v) is 9.83. The molecule has 3 atom stereocenters. The highest BCUT2D eigenvalue weighted by molar-refractivity contribution is 7.52. The van der Waals surface area contributed by atoms with Crippen molar-refractivity contribution in [2.75, 3.05) is 20.2 Å². The Balaban J connectivity index is 1.53. The molecular formula is C25H30N3O8P. The smallest absolute Gasteiger partial charge is 0.459 e. The van der Waals surface area contributed by atoms with Crippen molar-refractivity contribution >= 4 is 26.0 Å². The Labute approximate surface area is 215 Å². The normalized spacial score (nSPS) is 18.6. The number of amides is 2. The van der Waals surface area contributed by atoms with Crippen LogP contribution in [0.3, 0.4) is 0 Å². The monoisotopic (exact) mass is 531 g/mol. The Kier molecular flexibility index (Phi) is 10.8. The van der Waals surface area contributed by atoms with Gasteiger partial charge in [0, 0.05) is 19.3 Å². The molecule has 0 aromatic heterocycles. The van der Waals surface area contributed by atoms with Crippen LogP contribution >= 0.6 is 7.75 Å². The Morgan fingerprint density at radius 3 is 2.51 bits per heavy atom. The number of imide groups is 1. The Hall–Kier alpha value is -3.50. The topological polar surface area (TPSA) is 132 Å². The third-order valence-corrected chi connectivity index (χ3v) is 6.75. The van der Waals surface area contributed by atoms with Gasteiger partial charge in [0.05, 0.1) is 12.7 Å². The standard InChI is InChI=1S/C25H30N3O8P/c1-28(15-14-23(30)26-19-29)24-13-12-22(35-24)18-34-37(32,36-21-10-6-3-7-11-21)27-16-25(31)33-17-20-8-4-2-5-9-20/h2-11,14-15,19,22,24H,12-13,16-18H2,1H3,(H,27,32)(H,26,29,30)/b15-14-. The van der Waals surface area contributed by atoms with Crippen molar-refractivity contribution in [1.82, 2.24) is 15.3 Å². The zero-order valence-electron chi connectivity index (χ0n) is 20.4. The molecule has 37 heavy (non-hydrogen) atoms. The fraction of sp³-hybridized carbons (Fsp3) is 0.320. The van der Waals surface area contributed by atoms with Gasteiger partial charge in [-0.15, -0.1) is 0 Å². The number of carbonyl (C=O) groups is 3. The van der Waals surface area contributed by atoms with Gasteiger partial charge in [-0.3, -0.25) is 24.2 Å². The second kappa shape index (κ2) is 14.3. The van der Waals surface area contributed by atoms with Crippen LogP contribution in [0.25, 0.3) is 0 Å². The lowest BCUT2D eigenvalue weighted by Gasteiger charge is -2.24. The summed E-state index contributed by atoms with van der Waals surface area (Å²) in [6, 6.07) is 17.7. The van der Waals surface area contributed by atoms with E-state index < -0.39 is 25.7 Å². The van der Waals surface area contributed by atoms with E-state index in [-0.39, 0.29) is 26.0 Å². The molecule has 2 aromatic carbocycles. The van der Waals surface area contributed by atoms with Crippen molar-refractivity contribution in [2.24, 2.45) is 0 Å². The lowest BCUT2D eigenvalue weighted by Crippen LogP contribution is -2.30. The maximum atomic E-state index is 13.5. The van der Waals surface area contributed by atoms with Crippen molar-refractivity contribution in [3.05, 3.63) is 78.5 Å². The van der Waals surface area contributed by atoms with Gasteiger partial charge in [0.25, 0.3) is 5.91 Å². The summed E-state index contributed by atoms with van der Waals surface area (Å²) in [5.74, 6) is -0.861. The quantitative estimate of drug-likeness (QED) is 0.162. The molecule has 3 rings (SSSR count). The fourth-order valence-corrected chi connectivity index (χ4v) is 4.65. The van der Waals surface area contributed by atoms with Gasteiger partial charge in [0.2, 0.25) is 6.41 Å². The lowest BCUT2D eigenvalue weighted by molar-refractivity contribution is -0.143. The summed E-state index contributed by atoms with van der Waals surface area (Å²) in [5, 5.41) is 4.58. The SMILES string of the molecule is CN(/C=C\C(=O)NC=O)C1CCC(COP(=O)(NCC(=O)OCc2ccccc2)Oc2ccccc2)O1. The van der Waals surface area contributed by atoms with Crippen molar-refractivity contribution in [1.29, 1.82) is 0 Å². The molecule has 1 saturated heterocycles. The van der Waals surface area contributed by atoms with Gasteiger partial charge < -0.3 is 18.9 Å². The first-order valence-electron chi connectivity index (χ1n) is 11.6. The zero-order chi connectivity index (χ0) is 26.5. The van der Waals surface area contributed by atoms with Crippen LogP contribution in [-0.2, 0) is 39.6 Å². The van der Waals surface area contributed by atoms with Crippen LogP contribution in [-0.4, -0.2) is 55.7 Å². The third-order valence-electron chi connectivity index (χ3n) is 5.26. The van der Waals surface area contributed by atoms with Crippen LogP contribution in [0.4, 0.5) is 0 Å². The lowest BCUT2D eigenvalue weighted by atomic mass is 10.2. The number of hydrogen-bond acceptors (Lipinski definition) is 9. The van der Waals surface area contributed by atoms with E-state index in [0.29, 0.717) is 25.0 Å². The highest BCUT2D eigenvalue weighted by atomic mass is 31.2. The van der Waals surface area contributed by atoms with Crippen LogP contribution in [0.2, 0.25) is 0 Å². The zero-order valence-corrected chi connectivity index (χ0v) is 21.3. The summed E-state index contributed by atoms with van der Waals surface area (Å²) in [5.41, 5.74) is 0.827. The number of benzene rings is 2. The van der Waals surface area contributed by atoms with Crippen molar-refractivity contribution in [3.63, 3.8) is 0 Å². The van der Waals surface area contributed by atoms with Gasteiger partial charge in [0.1, 0.15) is 25.1 Å². The number of carbonyl (C=O) groups excluding carboxylic acids is 3. The van der Waals surface area contributed by atoms with Gasteiger partial charge >= 0.3 is 13.7 Å². The van der Waals surface area contributed by atoms with Crippen LogP contribution in [0.5, 0.6) is 5.75 Å². The van der Waals surface area contributed by atoms with Gasteiger partial charge in [-0.1, -0.05) is 48.5 Å². The minimum absolute atomic E-state index is 0.0597. The van der Waals surface area contributed by atoms with Crippen LogP contribution in [0, 0.1) is 0 Å². The van der Waals surface area contributed by atoms with E-state index in [9.17, 15) is 18.9 Å². The second-order valence-electron chi connectivity index (χ2n) is 8.08. The average Bonchev–Trinajstić information content (AvgIpc) is 3.39. The first-order valence-corrected chi connectivity index (χ1v) is 13.1. The van der Waals surface area contributed by atoms with E-state index in [4.69, 9.17) is 18.5 Å². The molecule has 0 saturated carbocycles. The number of esters is 1. The summed E-state index contributed by atoms with van der Waals surface area (Å²) in [7, 11) is -2.24. The Bertz CT molecular complexity index is 1100. The fourth-order valence-electron chi connectivity index (χ4n) is 3.35. The highest BCUT2D eigenvalue weighted by Crippen LogP contribution is 2.44. The number of hydrogen-bond donors (Lipinski definition) is 2. The number of para-hydroxylation sites is 1. The van der Waals surface area contributed by atoms with Crippen LogP contribution < -0.4 is 14.9 Å². The summed E-state index contributed by atoms with van der Waals surface area (Å²) < 4.78 is 35.9. The predicted octanol–water partition coefficient (Wildman–Crippen LogP) is 2.75. The minimum atomic E-state index is -3.96. The van der Waals surface area contributed by atoms with Gasteiger partial charge in [0.15, 0.2) is 0 Å². The molecule has 0 aliphatic carbocycles. The minimum Gasteiger partial charge on any atom is -0.460 e. The van der Waals surface area contributed by atoms with Gasteiger partial charge in [-0.2, -0.15) is 0 Å². The summed E-state index contributed by atoms with van der Waals surface area (Å²) in [4.78, 5) is 35.7. The number of nitrogens with zero attached hydrogens (tertiary/aromatic N) is 1. The third kappa shape index (κ3) is 9.82. The molecule has 2 N–H and O–H groups in total. The highest BCUT2D eigenvalue weighted by Gasteiger charge is 2.33. The van der Waals surface area contributed by atoms with Crippen LogP contribution in [0.1, 0.15) is 18.4 Å². The molecule has 0 radical (unpaired) electrons. The molecule has 12 heteroatoms. The Morgan fingerprint density at radius 1 is 1.11 bits per heavy atom. The van der Waals surface area contributed by atoms with E-state index in [2.05, 4.69) is 5.09 Å². The van der Waals surface area contributed by atoms with Gasteiger partial charge in [-0.25, -0.2) is 9.65 Å². The van der Waals surface area contributed by atoms with Crippen molar-refractivity contribution < 1.29 is 37.5 Å². The summed E-state index contributed by atoms with van der Waals surface area (Å²) in [6.45, 7) is -0.362. The maximum Gasteiger partial charge on any atom is 0.459 e. The Morgan fingerprint density at radius 2 is 1.81 bits per heavy atom. The van der Waals surface area contributed by atoms with E-state index in [1.54, 1.807) is 42.3 Å². The molecule has 1 aliphatic heterocycles. The molecule has 2 amide bonds.